The summed E-state index contributed by atoms with van der Waals surface area (Å²) in [6, 6.07) is 19.2. The van der Waals surface area contributed by atoms with Gasteiger partial charge < -0.3 is 34.8 Å². The van der Waals surface area contributed by atoms with Crippen LogP contribution >= 0.6 is 0 Å². The molecule has 0 aliphatic carbocycles. The van der Waals surface area contributed by atoms with Gasteiger partial charge in [-0.2, -0.15) is 0 Å². The van der Waals surface area contributed by atoms with Gasteiger partial charge in [-0.05, 0) is 73.5 Å². The van der Waals surface area contributed by atoms with Gasteiger partial charge in [0.2, 0.25) is 0 Å². The molecule has 40 heavy (non-hydrogen) atoms. The summed E-state index contributed by atoms with van der Waals surface area (Å²) in [6.07, 6.45) is 1.11. The molecule has 12 heteroatoms. The molecule has 2 heterocycles. The average molecular weight is 568 g/mol. The van der Waals surface area contributed by atoms with Gasteiger partial charge in [-0.1, -0.05) is 6.07 Å². The van der Waals surface area contributed by atoms with E-state index in [0.29, 0.717) is 34.8 Å². The van der Waals surface area contributed by atoms with Crippen molar-refractivity contribution >= 4 is 32.4 Å². The molecule has 5 N–H and O–H groups in total. The van der Waals surface area contributed by atoms with E-state index in [1.54, 1.807) is 42.5 Å². The maximum absolute atomic E-state index is 12.7. The largest absolute Gasteiger partial charge is 0.497 e. The maximum Gasteiger partial charge on any atom is 0.323 e. The summed E-state index contributed by atoms with van der Waals surface area (Å²) in [4.78, 5) is 19.4. The Morgan fingerprint density at radius 1 is 1.02 bits per heavy atom. The van der Waals surface area contributed by atoms with Crippen LogP contribution in [0.2, 0.25) is 0 Å². The van der Waals surface area contributed by atoms with Crippen molar-refractivity contribution in [3.05, 3.63) is 77.2 Å². The molecule has 1 saturated heterocycles. The topological polar surface area (TPSA) is 149 Å². The molecule has 0 spiro atoms. The lowest BCUT2D eigenvalue weighted by Gasteiger charge is -2.34. The van der Waals surface area contributed by atoms with Crippen LogP contribution in [0.4, 0.5) is 11.4 Å². The Labute approximate surface area is 232 Å². The van der Waals surface area contributed by atoms with Crippen molar-refractivity contribution in [2.75, 3.05) is 43.0 Å². The van der Waals surface area contributed by atoms with E-state index < -0.39 is 16.1 Å². The van der Waals surface area contributed by atoms with E-state index in [0.717, 1.165) is 31.6 Å². The lowest BCUT2D eigenvalue weighted by molar-refractivity contribution is 0.103. The van der Waals surface area contributed by atoms with E-state index in [1.165, 1.54) is 19.2 Å². The molecule has 1 aliphatic rings. The van der Waals surface area contributed by atoms with Gasteiger partial charge in [0.1, 0.15) is 29.7 Å². The second-order valence-electron chi connectivity index (χ2n) is 9.72. The summed E-state index contributed by atoms with van der Waals surface area (Å²) in [7, 11) is -2.17. The number of methoxy groups -OCH3 is 1. The Balaban J connectivity index is 1.06. The number of aliphatic hydroxyl groups excluding tert-OH is 1. The second kappa shape index (κ2) is 12.0. The van der Waals surface area contributed by atoms with Crippen LogP contribution in [0.15, 0.2) is 76.4 Å². The molecule has 212 valence electrons. The number of aromatic amines is 2. The first-order valence-electron chi connectivity index (χ1n) is 13.1. The normalized spacial score (nSPS) is 15.2. The molecule has 0 amide bonds. The summed E-state index contributed by atoms with van der Waals surface area (Å²) in [5.74, 6) is 1.11. The van der Waals surface area contributed by atoms with Crippen molar-refractivity contribution in [1.82, 2.24) is 15.3 Å². The molecule has 1 aliphatic heterocycles. The Kier molecular flexibility index (Phi) is 8.29. The summed E-state index contributed by atoms with van der Waals surface area (Å²) >= 11 is 0. The molecule has 0 bridgehead atoms. The number of ether oxygens (including phenoxy) is 2. The third kappa shape index (κ3) is 6.58. The average Bonchev–Trinajstić information content (AvgIpc) is 3.36. The fourth-order valence-electron chi connectivity index (χ4n) is 4.75. The zero-order chi connectivity index (χ0) is 28.1. The summed E-state index contributed by atoms with van der Waals surface area (Å²) in [5, 5.41) is 13.8. The quantitative estimate of drug-likeness (QED) is 0.186. The van der Waals surface area contributed by atoms with Gasteiger partial charge in [0.05, 0.1) is 17.5 Å². The van der Waals surface area contributed by atoms with E-state index in [9.17, 15) is 18.3 Å². The molecule has 0 unspecified atom stereocenters. The number of rotatable bonds is 11. The molecule has 1 aromatic heterocycles. The standard InChI is InChI=1S/C28H33N5O6S/c1-38-23-9-11-24(12-10-23)40(36,37)32-20-5-7-21(8-6-20)33-15-13-19(14-16-33)29-17-22(34)18-39-26-4-2-3-25-27(26)31-28(35)30-25/h2-12,19,22,29,32,34H,13-18H2,1H3,(H2,30,31,35)/t22-/m0/s1. The third-order valence-corrected chi connectivity index (χ3v) is 8.33. The van der Waals surface area contributed by atoms with E-state index >= 15 is 0 Å². The number of sulfonamides is 1. The number of H-pyrrole nitrogens is 2. The number of piperidine rings is 1. The number of hydrogen-bond acceptors (Lipinski definition) is 8. The molecule has 1 fully saturated rings. The number of anilines is 2. The molecular weight excluding hydrogens is 534 g/mol. The van der Waals surface area contributed by atoms with E-state index in [-0.39, 0.29) is 23.2 Å². The van der Waals surface area contributed by atoms with Crippen molar-refractivity contribution in [3.8, 4) is 11.5 Å². The first-order valence-corrected chi connectivity index (χ1v) is 14.6. The molecule has 11 nitrogen and oxygen atoms in total. The minimum Gasteiger partial charge on any atom is -0.497 e. The number of fused-ring (bicyclic) bond motifs is 1. The lowest BCUT2D eigenvalue weighted by atomic mass is 10.0. The SMILES string of the molecule is COc1ccc(S(=O)(=O)Nc2ccc(N3CCC(NC[C@H](O)COc4cccc5[nH]c(=O)[nH]c45)CC3)cc2)cc1. The molecule has 1 atom stereocenters. The monoisotopic (exact) mass is 567 g/mol. The van der Waals surface area contributed by atoms with E-state index in [1.807, 2.05) is 12.1 Å². The highest BCUT2D eigenvalue weighted by Gasteiger charge is 2.21. The van der Waals surface area contributed by atoms with Crippen LogP contribution in [-0.4, -0.2) is 69.0 Å². The maximum atomic E-state index is 12.7. The van der Waals surface area contributed by atoms with Crippen molar-refractivity contribution in [3.63, 3.8) is 0 Å². The number of hydrogen-bond donors (Lipinski definition) is 5. The highest BCUT2D eigenvalue weighted by molar-refractivity contribution is 7.92. The van der Waals surface area contributed by atoms with E-state index in [2.05, 4.69) is 24.9 Å². The molecular formula is C28H33N5O6S. The molecule has 0 radical (unpaired) electrons. The molecule has 4 aromatic rings. The van der Waals surface area contributed by atoms with Crippen molar-refractivity contribution in [2.45, 2.75) is 29.9 Å². The summed E-state index contributed by atoms with van der Waals surface area (Å²) in [5.41, 5.74) is 2.46. The van der Waals surface area contributed by atoms with E-state index in [4.69, 9.17) is 9.47 Å². The number of aliphatic hydroxyl groups is 1. The van der Waals surface area contributed by atoms with Crippen molar-refractivity contribution in [1.29, 1.82) is 0 Å². The fourth-order valence-corrected chi connectivity index (χ4v) is 5.81. The van der Waals surface area contributed by atoms with Crippen LogP contribution in [0, 0.1) is 0 Å². The zero-order valence-corrected chi connectivity index (χ0v) is 22.9. The Hall–Kier alpha value is -4.00. The van der Waals surface area contributed by atoms with Gasteiger partial charge in [0, 0.05) is 37.1 Å². The summed E-state index contributed by atoms with van der Waals surface area (Å²) in [6.45, 7) is 2.17. The lowest BCUT2D eigenvalue weighted by Crippen LogP contribution is -2.45. The first kappa shape index (κ1) is 27.6. The molecule has 0 saturated carbocycles. The van der Waals surface area contributed by atoms with Gasteiger partial charge in [-0.25, -0.2) is 13.2 Å². The van der Waals surface area contributed by atoms with Crippen LogP contribution in [0.5, 0.6) is 11.5 Å². The van der Waals surface area contributed by atoms with Crippen molar-refractivity contribution in [2.24, 2.45) is 0 Å². The predicted molar refractivity (Wildman–Crippen MR) is 154 cm³/mol. The van der Waals surface area contributed by atoms with Gasteiger partial charge >= 0.3 is 5.69 Å². The number of nitrogens with one attached hydrogen (secondary N) is 4. The predicted octanol–water partition coefficient (Wildman–Crippen LogP) is 2.66. The van der Waals surface area contributed by atoms with Gasteiger partial charge in [0.15, 0.2) is 0 Å². The molecule has 5 rings (SSSR count). The highest BCUT2D eigenvalue weighted by Crippen LogP contribution is 2.25. The Morgan fingerprint density at radius 3 is 2.45 bits per heavy atom. The number of para-hydroxylation sites is 1. The number of imidazole rings is 1. The number of nitrogens with zero attached hydrogens (tertiary/aromatic N) is 1. The number of benzene rings is 3. The molecule has 3 aromatic carbocycles. The van der Waals surface area contributed by atoms with Crippen LogP contribution in [0.3, 0.4) is 0 Å². The minimum absolute atomic E-state index is 0.104. The minimum atomic E-state index is -3.70. The highest BCUT2D eigenvalue weighted by atomic mass is 32.2. The number of aromatic nitrogens is 2. The second-order valence-corrected chi connectivity index (χ2v) is 11.4. The first-order chi connectivity index (χ1) is 19.3. The zero-order valence-electron chi connectivity index (χ0n) is 22.1. The van der Waals surface area contributed by atoms with Crippen LogP contribution < -0.4 is 30.1 Å². The van der Waals surface area contributed by atoms with Crippen LogP contribution in [0.1, 0.15) is 12.8 Å². The van der Waals surface area contributed by atoms with Crippen LogP contribution in [-0.2, 0) is 10.0 Å². The van der Waals surface area contributed by atoms with Gasteiger partial charge in [0.25, 0.3) is 10.0 Å². The van der Waals surface area contributed by atoms with Gasteiger partial charge in [-0.15, -0.1) is 0 Å². The smallest absolute Gasteiger partial charge is 0.323 e. The fraction of sp³-hybridized carbons (Fsp3) is 0.321. The van der Waals surface area contributed by atoms with Crippen molar-refractivity contribution < 1.29 is 23.0 Å². The Morgan fingerprint density at radius 2 is 1.75 bits per heavy atom. The summed E-state index contributed by atoms with van der Waals surface area (Å²) < 4.78 is 38.8. The van der Waals surface area contributed by atoms with Gasteiger partial charge in [-0.3, -0.25) is 4.72 Å². The third-order valence-electron chi connectivity index (χ3n) is 6.94. The Bertz CT molecular complexity index is 1580. The van der Waals surface area contributed by atoms with Crippen LogP contribution in [0.25, 0.3) is 11.0 Å².